The minimum absolute atomic E-state index is 0.0455. The number of Topliss-reactive ketones (excluding diaryl/α,β-unsaturated/α-hetero) is 1. The van der Waals surface area contributed by atoms with Gasteiger partial charge in [0, 0.05) is 32.9 Å². The van der Waals surface area contributed by atoms with Gasteiger partial charge in [-0.15, -0.1) is 10.2 Å². The van der Waals surface area contributed by atoms with Crippen LogP contribution in [0, 0.1) is 6.92 Å². The average molecular weight is 454 g/mol. The lowest BCUT2D eigenvalue weighted by molar-refractivity contribution is 0.102. The maximum Gasteiger partial charge on any atom is 0.196 e. The first-order valence-electron chi connectivity index (χ1n) is 9.97. The Bertz CT molecular complexity index is 1230. The second kappa shape index (κ2) is 8.86. The molecule has 4 rings (SSSR count). The van der Waals surface area contributed by atoms with Crippen LogP contribution in [-0.2, 0) is 0 Å². The molecule has 6 nitrogen and oxygen atoms in total. The Hall–Kier alpha value is -2.61. The third kappa shape index (κ3) is 4.26. The number of carbonyl (C=O) groups excluding carboxylic acids is 1. The molecule has 0 saturated heterocycles. The average Bonchev–Trinajstić information content (AvgIpc) is 3.32. The van der Waals surface area contributed by atoms with E-state index in [1.165, 1.54) is 11.8 Å². The number of aryl methyl sites for hydroxylation is 1. The van der Waals surface area contributed by atoms with Crippen LogP contribution in [-0.4, -0.2) is 50.3 Å². The topological polar surface area (TPSA) is 66.8 Å². The molecule has 2 aromatic heterocycles. The van der Waals surface area contributed by atoms with Crippen LogP contribution in [0.5, 0.6) is 0 Å². The van der Waals surface area contributed by atoms with Crippen LogP contribution >= 0.6 is 23.4 Å². The second-order valence-electron chi connectivity index (χ2n) is 7.67. The predicted molar refractivity (Wildman–Crippen MR) is 127 cm³/mol. The predicted octanol–water partition coefficient (Wildman–Crippen LogP) is 5.31. The molecule has 0 bridgehead atoms. The zero-order valence-corrected chi connectivity index (χ0v) is 19.5. The number of H-pyrrole nitrogens is 1. The van der Waals surface area contributed by atoms with Crippen LogP contribution < -0.4 is 0 Å². The molecule has 0 amide bonds. The smallest absolute Gasteiger partial charge is 0.196 e. The van der Waals surface area contributed by atoms with E-state index >= 15 is 0 Å². The Morgan fingerprint density at radius 1 is 1.16 bits per heavy atom. The standard InChI is InChI=1S/C23H24ClN5OS/c1-14-21(18-7-5-6-8-19(18)25-14)20(30)13-31-23-27-26-22(15(2)28(3)4)29(23)17-11-9-16(24)10-12-17/h5-12,15,25H,13H2,1-4H3/t15-/m1/s1. The lowest BCUT2D eigenvalue weighted by Crippen LogP contribution is -2.20. The molecule has 4 aromatic rings. The summed E-state index contributed by atoms with van der Waals surface area (Å²) < 4.78 is 2.00. The number of carbonyl (C=O) groups is 1. The maximum absolute atomic E-state index is 13.1. The third-order valence-corrected chi connectivity index (χ3v) is 6.58. The molecule has 160 valence electrons. The van der Waals surface area contributed by atoms with Crippen molar-refractivity contribution in [1.82, 2.24) is 24.6 Å². The first-order valence-corrected chi connectivity index (χ1v) is 11.3. The third-order valence-electron chi connectivity index (χ3n) is 5.40. The Balaban J connectivity index is 1.66. The molecule has 31 heavy (non-hydrogen) atoms. The number of benzene rings is 2. The Morgan fingerprint density at radius 3 is 2.58 bits per heavy atom. The lowest BCUT2D eigenvalue weighted by atomic mass is 10.1. The summed E-state index contributed by atoms with van der Waals surface area (Å²) in [5.41, 5.74) is 3.51. The number of para-hydroxylation sites is 1. The van der Waals surface area contributed by atoms with E-state index in [1.807, 2.05) is 74.1 Å². The summed E-state index contributed by atoms with van der Waals surface area (Å²) in [5, 5.41) is 11.2. The van der Waals surface area contributed by atoms with Crippen LogP contribution in [0.1, 0.15) is 34.8 Å². The monoisotopic (exact) mass is 453 g/mol. The van der Waals surface area contributed by atoms with Crippen LogP contribution in [0.4, 0.5) is 0 Å². The van der Waals surface area contributed by atoms with Gasteiger partial charge in [0.15, 0.2) is 16.8 Å². The van der Waals surface area contributed by atoms with Crippen molar-refractivity contribution in [2.75, 3.05) is 19.8 Å². The summed E-state index contributed by atoms with van der Waals surface area (Å²) >= 11 is 7.48. The van der Waals surface area contributed by atoms with Gasteiger partial charge in [0.2, 0.25) is 0 Å². The van der Waals surface area contributed by atoms with E-state index in [9.17, 15) is 4.79 Å². The molecule has 0 aliphatic carbocycles. The number of thioether (sulfide) groups is 1. The van der Waals surface area contributed by atoms with Gasteiger partial charge in [0.25, 0.3) is 0 Å². The van der Waals surface area contributed by atoms with Crippen molar-refractivity contribution >= 4 is 40.0 Å². The number of rotatable bonds is 7. The molecule has 0 aliphatic heterocycles. The van der Waals surface area contributed by atoms with Gasteiger partial charge >= 0.3 is 0 Å². The quantitative estimate of drug-likeness (QED) is 0.303. The fourth-order valence-corrected chi connectivity index (χ4v) is 4.50. The largest absolute Gasteiger partial charge is 0.358 e. The number of aromatic nitrogens is 4. The molecule has 2 heterocycles. The van der Waals surface area contributed by atoms with Crippen LogP contribution in [0.2, 0.25) is 5.02 Å². The Kier molecular flexibility index (Phi) is 6.18. The molecular weight excluding hydrogens is 430 g/mol. The fourth-order valence-electron chi connectivity index (χ4n) is 3.55. The van der Waals surface area contributed by atoms with Crippen molar-refractivity contribution in [1.29, 1.82) is 0 Å². The Labute approximate surface area is 190 Å². The minimum Gasteiger partial charge on any atom is -0.358 e. The lowest BCUT2D eigenvalue weighted by Gasteiger charge is -2.20. The van der Waals surface area contributed by atoms with Crippen LogP contribution in [0.25, 0.3) is 16.6 Å². The number of fused-ring (bicyclic) bond motifs is 1. The number of ketones is 1. The summed E-state index contributed by atoms with van der Waals surface area (Å²) in [5.74, 6) is 1.14. The molecule has 1 atom stereocenters. The van der Waals surface area contributed by atoms with Crippen molar-refractivity contribution in [3.05, 3.63) is 70.6 Å². The molecule has 2 aromatic carbocycles. The van der Waals surface area contributed by atoms with Gasteiger partial charge in [-0.1, -0.05) is 41.6 Å². The maximum atomic E-state index is 13.1. The van der Waals surface area contributed by atoms with Crippen LogP contribution in [0.15, 0.2) is 53.7 Å². The zero-order chi connectivity index (χ0) is 22.1. The van der Waals surface area contributed by atoms with Gasteiger partial charge in [0.1, 0.15) is 0 Å². The van der Waals surface area contributed by atoms with E-state index in [0.717, 1.165) is 33.7 Å². The molecular formula is C23H24ClN5OS. The molecule has 0 fully saturated rings. The van der Waals surface area contributed by atoms with Gasteiger partial charge < -0.3 is 4.98 Å². The SMILES string of the molecule is Cc1[nH]c2ccccc2c1C(=O)CSc1nnc([C@@H](C)N(C)C)n1-c1ccc(Cl)cc1. The summed E-state index contributed by atoms with van der Waals surface area (Å²) in [6.07, 6.45) is 0. The van der Waals surface area contributed by atoms with E-state index in [4.69, 9.17) is 11.6 Å². The van der Waals surface area contributed by atoms with E-state index in [-0.39, 0.29) is 17.6 Å². The number of nitrogens with one attached hydrogen (secondary N) is 1. The first-order chi connectivity index (χ1) is 14.9. The first kappa shape index (κ1) is 21.6. The van der Waals surface area contributed by atoms with Crippen molar-refractivity contribution < 1.29 is 4.79 Å². The highest BCUT2D eigenvalue weighted by molar-refractivity contribution is 7.99. The minimum atomic E-state index is 0.0455. The summed E-state index contributed by atoms with van der Waals surface area (Å²) in [4.78, 5) is 18.5. The molecule has 1 N–H and O–H groups in total. The normalized spacial score (nSPS) is 12.6. The van der Waals surface area contributed by atoms with Gasteiger partial charge in [-0.3, -0.25) is 14.3 Å². The number of aromatic amines is 1. The molecule has 0 saturated carbocycles. The van der Waals surface area contributed by atoms with E-state index in [1.54, 1.807) is 0 Å². The molecule has 0 spiro atoms. The number of nitrogens with zero attached hydrogens (tertiary/aromatic N) is 4. The van der Waals surface area contributed by atoms with Gasteiger partial charge in [0.05, 0.1) is 11.8 Å². The number of halogens is 1. The van der Waals surface area contributed by atoms with Crippen LogP contribution in [0.3, 0.4) is 0 Å². The van der Waals surface area contributed by atoms with Gasteiger partial charge in [-0.05, 0) is 58.3 Å². The highest BCUT2D eigenvalue weighted by atomic mass is 35.5. The van der Waals surface area contributed by atoms with Crippen molar-refractivity contribution in [3.8, 4) is 5.69 Å². The molecule has 0 unspecified atom stereocenters. The number of hydrogen-bond donors (Lipinski definition) is 1. The van der Waals surface area contributed by atoms with Gasteiger partial charge in [-0.2, -0.15) is 0 Å². The second-order valence-corrected chi connectivity index (χ2v) is 9.05. The van der Waals surface area contributed by atoms with Crippen molar-refractivity contribution in [2.45, 2.75) is 25.0 Å². The van der Waals surface area contributed by atoms with E-state index in [0.29, 0.717) is 10.2 Å². The van der Waals surface area contributed by atoms with E-state index < -0.39 is 0 Å². The summed E-state index contributed by atoms with van der Waals surface area (Å²) in [6, 6.07) is 15.5. The molecule has 0 aliphatic rings. The highest BCUT2D eigenvalue weighted by Crippen LogP contribution is 2.29. The van der Waals surface area contributed by atoms with Crippen molar-refractivity contribution in [3.63, 3.8) is 0 Å². The number of hydrogen-bond acceptors (Lipinski definition) is 5. The summed E-state index contributed by atoms with van der Waals surface area (Å²) in [6.45, 7) is 4.01. The zero-order valence-electron chi connectivity index (χ0n) is 17.9. The van der Waals surface area contributed by atoms with Gasteiger partial charge in [-0.25, -0.2) is 0 Å². The Morgan fingerprint density at radius 2 is 1.87 bits per heavy atom. The summed E-state index contributed by atoms with van der Waals surface area (Å²) in [7, 11) is 4.00. The molecule has 8 heteroatoms. The molecule has 0 radical (unpaired) electrons. The highest BCUT2D eigenvalue weighted by Gasteiger charge is 2.23. The fraction of sp³-hybridized carbons (Fsp3) is 0.261. The van der Waals surface area contributed by atoms with E-state index in [2.05, 4.69) is 27.0 Å². The van der Waals surface area contributed by atoms with Crippen molar-refractivity contribution in [2.24, 2.45) is 0 Å².